The van der Waals surface area contributed by atoms with Crippen molar-refractivity contribution in [3.8, 4) is 0 Å². The molecule has 1 rings (SSSR count). The van der Waals surface area contributed by atoms with Crippen LogP contribution in [0.25, 0.3) is 0 Å². The van der Waals surface area contributed by atoms with Crippen LogP contribution < -0.4 is 5.73 Å². The number of halogens is 1. The van der Waals surface area contributed by atoms with Crippen molar-refractivity contribution in [3.63, 3.8) is 0 Å². The van der Waals surface area contributed by atoms with Gasteiger partial charge in [-0.15, -0.1) is 11.6 Å². The summed E-state index contributed by atoms with van der Waals surface area (Å²) >= 11 is 6.14. The van der Waals surface area contributed by atoms with Crippen LogP contribution in [0.4, 0.5) is 0 Å². The molecular weight excluding hydrogens is 198 g/mol. The average Bonchev–Trinajstić information content (AvgIpc) is 2.21. The lowest BCUT2D eigenvalue weighted by molar-refractivity contribution is 0.225. The summed E-state index contributed by atoms with van der Waals surface area (Å²) in [5, 5.41) is 8.92. The van der Waals surface area contributed by atoms with Crippen molar-refractivity contribution in [1.82, 2.24) is 0 Å². The molecule has 0 heterocycles. The van der Waals surface area contributed by atoms with Crippen LogP contribution in [-0.4, -0.2) is 23.6 Å². The third kappa shape index (κ3) is 3.29. The summed E-state index contributed by atoms with van der Waals surface area (Å²) in [5.41, 5.74) is 6.67. The van der Waals surface area contributed by atoms with Crippen molar-refractivity contribution >= 4 is 11.6 Å². The van der Waals surface area contributed by atoms with Crippen LogP contribution in [0, 0.1) is 5.92 Å². The van der Waals surface area contributed by atoms with Gasteiger partial charge in [0, 0.05) is 17.9 Å². The SMILES string of the molecule is NCC(CO)C(Cl)Cc1ccccc1. The van der Waals surface area contributed by atoms with Crippen molar-refractivity contribution in [2.45, 2.75) is 11.8 Å². The van der Waals surface area contributed by atoms with Crippen LogP contribution in [0.2, 0.25) is 0 Å². The molecule has 0 saturated heterocycles. The summed E-state index contributed by atoms with van der Waals surface area (Å²) in [6.45, 7) is 0.481. The Labute approximate surface area is 89.7 Å². The molecule has 78 valence electrons. The second-order valence-corrected chi connectivity index (χ2v) is 3.94. The number of alkyl halides is 1. The Kier molecular flexibility index (Phi) is 4.94. The minimum absolute atomic E-state index is 0.0168. The summed E-state index contributed by atoms with van der Waals surface area (Å²) in [6, 6.07) is 9.99. The number of benzene rings is 1. The highest BCUT2D eigenvalue weighted by Gasteiger charge is 2.16. The fourth-order valence-corrected chi connectivity index (χ4v) is 1.70. The number of hydrogen-bond donors (Lipinski definition) is 2. The van der Waals surface area contributed by atoms with Gasteiger partial charge in [0.1, 0.15) is 0 Å². The third-order valence-corrected chi connectivity index (χ3v) is 2.83. The molecule has 3 heteroatoms. The average molecular weight is 214 g/mol. The standard InChI is InChI=1S/C11H16ClNO/c12-11(10(7-13)8-14)6-9-4-2-1-3-5-9/h1-5,10-11,14H,6-8,13H2. The highest BCUT2D eigenvalue weighted by molar-refractivity contribution is 6.20. The minimum atomic E-state index is -0.0904. The van der Waals surface area contributed by atoms with Crippen molar-refractivity contribution in [1.29, 1.82) is 0 Å². The molecule has 0 aromatic heterocycles. The van der Waals surface area contributed by atoms with Gasteiger partial charge in [-0.05, 0) is 18.5 Å². The van der Waals surface area contributed by atoms with Crippen LogP contribution in [-0.2, 0) is 6.42 Å². The predicted octanol–water partition coefficient (Wildman–Crippen LogP) is 1.40. The zero-order chi connectivity index (χ0) is 10.4. The van der Waals surface area contributed by atoms with Gasteiger partial charge in [0.2, 0.25) is 0 Å². The van der Waals surface area contributed by atoms with Crippen LogP contribution in [0.15, 0.2) is 30.3 Å². The molecule has 14 heavy (non-hydrogen) atoms. The van der Waals surface area contributed by atoms with E-state index in [1.54, 1.807) is 0 Å². The molecule has 0 aliphatic carbocycles. The summed E-state index contributed by atoms with van der Waals surface area (Å²) in [4.78, 5) is 0. The minimum Gasteiger partial charge on any atom is -0.396 e. The first-order valence-electron chi connectivity index (χ1n) is 4.77. The number of aliphatic hydroxyl groups is 1. The first-order chi connectivity index (χ1) is 6.77. The molecule has 1 aromatic rings. The summed E-state index contributed by atoms with van der Waals surface area (Å²) in [6.07, 6.45) is 0.755. The lowest BCUT2D eigenvalue weighted by Crippen LogP contribution is -2.28. The van der Waals surface area contributed by atoms with Gasteiger partial charge in [0.15, 0.2) is 0 Å². The Morgan fingerprint density at radius 3 is 2.43 bits per heavy atom. The van der Waals surface area contributed by atoms with E-state index in [2.05, 4.69) is 0 Å². The number of rotatable bonds is 5. The molecule has 0 bridgehead atoms. The summed E-state index contributed by atoms with van der Waals surface area (Å²) < 4.78 is 0. The molecule has 0 fully saturated rings. The van der Waals surface area contributed by atoms with Gasteiger partial charge in [-0.1, -0.05) is 30.3 Å². The van der Waals surface area contributed by atoms with E-state index < -0.39 is 0 Å². The second-order valence-electron chi connectivity index (χ2n) is 3.38. The lowest BCUT2D eigenvalue weighted by atomic mass is 10.00. The van der Waals surface area contributed by atoms with E-state index in [-0.39, 0.29) is 17.9 Å². The number of nitrogens with two attached hydrogens (primary N) is 1. The molecule has 0 spiro atoms. The van der Waals surface area contributed by atoms with Crippen molar-refractivity contribution in [2.75, 3.05) is 13.2 Å². The predicted molar refractivity (Wildman–Crippen MR) is 59.4 cm³/mol. The molecule has 2 nitrogen and oxygen atoms in total. The topological polar surface area (TPSA) is 46.2 Å². The van der Waals surface area contributed by atoms with Crippen LogP contribution in [0.5, 0.6) is 0 Å². The van der Waals surface area contributed by atoms with E-state index in [4.69, 9.17) is 22.4 Å². The Morgan fingerprint density at radius 1 is 1.29 bits per heavy atom. The summed E-state index contributed by atoms with van der Waals surface area (Å²) in [7, 11) is 0. The van der Waals surface area contributed by atoms with Gasteiger partial charge in [0.25, 0.3) is 0 Å². The quantitative estimate of drug-likeness (QED) is 0.727. The molecular formula is C11H16ClNO. The Bertz CT molecular complexity index is 249. The van der Waals surface area contributed by atoms with Gasteiger partial charge >= 0.3 is 0 Å². The number of hydrogen-bond acceptors (Lipinski definition) is 2. The van der Waals surface area contributed by atoms with Crippen molar-refractivity contribution < 1.29 is 5.11 Å². The largest absolute Gasteiger partial charge is 0.396 e. The van der Waals surface area contributed by atoms with Crippen LogP contribution in [0.1, 0.15) is 5.56 Å². The zero-order valence-corrected chi connectivity index (χ0v) is 8.82. The van der Waals surface area contributed by atoms with Gasteiger partial charge in [-0.25, -0.2) is 0 Å². The molecule has 2 atom stereocenters. The molecule has 0 amide bonds. The Hall–Kier alpha value is -0.570. The highest BCUT2D eigenvalue weighted by atomic mass is 35.5. The maximum absolute atomic E-state index is 9.01. The van der Waals surface area contributed by atoms with Gasteiger partial charge in [0.05, 0.1) is 0 Å². The highest BCUT2D eigenvalue weighted by Crippen LogP contribution is 2.15. The first kappa shape index (κ1) is 11.5. The van der Waals surface area contributed by atoms with Gasteiger partial charge in [-0.3, -0.25) is 0 Å². The molecule has 0 radical (unpaired) electrons. The molecule has 0 aliphatic heterocycles. The van der Waals surface area contributed by atoms with E-state index in [0.29, 0.717) is 6.54 Å². The zero-order valence-electron chi connectivity index (χ0n) is 8.07. The molecule has 1 aromatic carbocycles. The normalized spacial score (nSPS) is 15.1. The molecule has 2 unspecified atom stereocenters. The van der Waals surface area contributed by atoms with Crippen molar-refractivity contribution in [2.24, 2.45) is 11.7 Å². The van der Waals surface area contributed by atoms with E-state index in [9.17, 15) is 0 Å². The maximum atomic E-state index is 9.01. The molecule has 0 saturated carbocycles. The van der Waals surface area contributed by atoms with Crippen LogP contribution >= 0.6 is 11.6 Å². The van der Waals surface area contributed by atoms with E-state index in [1.807, 2.05) is 30.3 Å². The van der Waals surface area contributed by atoms with E-state index >= 15 is 0 Å². The van der Waals surface area contributed by atoms with E-state index in [0.717, 1.165) is 6.42 Å². The van der Waals surface area contributed by atoms with Gasteiger partial charge < -0.3 is 10.8 Å². The van der Waals surface area contributed by atoms with Gasteiger partial charge in [-0.2, -0.15) is 0 Å². The summed E-state index contributed by atoms with van der Waals surface area (Å²) in [5.74, 6) is -0.0168. The fraction of sp³-hybridized carbons (Fsp3) is 0.455. The fourth-order valence-electron chi connectivity index (χ4n) is 1.34. The molecule has 3 N–H and O–H groups in total. The monoisotopic (exact) mass is 213 g/mol. The third-order valence-electron chi connectivity index (χ3n) is 2.32. The number of aliphatic hydroxyl groups excluding tert-OH is 1. The first-order valence-corrected chi connectivity index (χ1v) is 5.20. The Morgan fingerprint density at radius 2 is 1.93 bits per heavy atom. The maximum Gasteiger partial charge on any atom is 0.0485 e. The second kappa shape index (κ2) is 6.02. The van der Waals surface area contributed by atoms with Crippen LogP contribution in [0.3, 0.4) is 0 Å². The van der Waals surface area contributed by atoms with E-state index in [1.165, 1.54) is 5.56 Å². The van der Waals surface area contributed by atoms with Crippen molar-refractivity contribution in [3.05, 3.63) is 35.9 Å². The Balaban J connectivity index is 2.52. The lowest BCUT2D eigenvalue weighted by Gasteiger charge is -2.18. The smallest absolute Gasteiger partial charge is 0.0485 e. The molecule has 0 aliphatic rings.